The molecule has 0 aliphatic heterocycles. The molecule has 0 saturated heterocycles. The number of benzene rings is 1. The summed E-state index contributed by atoms with van der Waals surface area (Å²) in [5.74, 6) is 1.48. The predicted octanol–water partition coefficient (Wildman–Crippen LogP) is 4.07. The lowest BCUT2D eigenvalue weighted by molar-refractivity contribution is 0.456. The van der Waals surface area contributed by atoms with Gasteiger partial charge in [0.25, 0.3) is 0 Å². The summed E-state index contributed by atoms with van der Waals surface area (Å²) in [6, 6.07) is 7.98. The summed E-state index contributed by atoms with van der Waals surface area (Å²) in [4.78, 5) is 4.34. The van der Waals surface area contributed by atoms with Crippen molar-refractivity contribution in [1.29, 1.82) is 0 Å². The Morgan fingerprint density at radius 2 is 1.95 bits per heavy atom. The number of aryl methyl sites for hydroxylation is 1. The van der Waals surface area contributed by atoms with Crippen molar-refractivity contribution in [3.63, 3.8) is 0 Å². The standard InChI is InChI=1S/C17H21FN2O/c1-12(2)9-19-10-14-8-13(3)17(20-11-14)21-16-6-4-15(18)5-7-16/h4-8,11-12,19H,9-10H2,1-3H3. The normalized spacial score (nSPS) is 10.9. The molecule has 2 rings (SSSR count). The van der Waals surface area contributed by atoms with Crippen molar-refractivity contribution >= 4 is 0 Å². The van der Waals surface area contributed by atoms with Crippen LogP contribution < -0.4 is 10.1 Å². The summed E-state index contributed by atoms with van der Waals surface area (Å²) in [5, 5.41) is 3.38. The molecule has 1 aromatic heterocycles. The summed E-state index contributed by atoms with van der Waals surface area (Å²) < 4.78 is 18.5. The smallest absolute Gasteiger partial charge is 0.222 e. The molecule has 0 saturated carbocycles. The van der Waals surface area contributed by atoms with Crippen LogP contribution in [-0.4, -0.2) is 11.5 Å². The maximum absolute atomic E-state index is 12.9. The Hall–Kier alpha value is -1.94. The summed E-state index contributed by atoms with van der Waals surface area (Å²) in [6.45, 7) is 8.08. The quantitative estimate of drug-likeness (QED) is 0.870. The summed E-state index contributed by atoms with van der Waals surface area (Å²) in [5.41, 5.74) is 2.09. The van der Waals surface area contributed by atoms with E-state index < -0.39 is 0 Å². The van der Waals surface area contributed by atoms with Gasteiger partial charge in [-0.3, -0.25) is 0 Å². The van der Waals surface area contributed by atoms with Crippen LogP contribution in [0, 0.1) is 18.7 Å². The van der Waals surface area contributed by atoms with Gasteiger partial charge in [0.1, 0.15) is 11.6 Å². The van der Waals surface area contributed by atoms with Gasteiger partial charge < -0.3 is 10.1 Å². The van der Waals surface area contributed by atoms with Gasteiger partial charge in [-0.05, 0) is 55.3 Å². The first kappa shape index (κ1) is 15.4. The molecular formula is C17H21FN2O. The molecule has 2 aromatic rings. The third-order valence-electron chi connectivity index (χ3n) is 3.00. The van der Waals surface area contributed by atoms with Gasteiger partial charge in [-0.2, -0.15) is 0 Å². The Balaban J connectivity index is 2.00. The van der Waals surface area contributed by atoms with E-state index in [0.29, 0.717) is 17.5 Å². The first-order chi connectivity index (χ1) is 10.0. The molecule has 0 radical (unpaired) electrons. The number of hydrogen-bond acceptors (Lipinski definition) is 3. The number of halogens is 1. The largest absolute Gasteiger partial charge is 0.439 e. The van der Waals surface area contributed by atoms with E-state index in [2.05, 4.69) is 30.2 Å². The minimum atomic E-state index is -0.279. The van der Waals surface area contributed by atoms with Crippen molar-refractivity contribution in [2.75, 3.05) is 6.54 Å². The second-order valence-electron chi connectivity index (χ2n) is 5.55. The zero-order valence-electron chi connectivity index (χ0n) is 12.7. The highest BCUT2D eigenvalue weighted by molar-refractivity contribution is 5.33. The fourth-order valence-corrected chi connectivity index (χ4v) is 1.94. The lowest BCUT2D eigenvalue weighted by atomic mass is 10.2. The Morgan fingerprint density at radius 3 is 2.57 bits per heavy atom. The van der Waals surface area contributed by atoms with Crippen LogP contribution in [0.15, 0.2) is 36.5 Å². The third-order valence-corrected chi connectivity index (χ3v) is 3.00. The average molecular weight is 288 g/mol. The molecule has 1 aromatic carbocycles. The van der Waals surface area contributed by atoms with Crippen LogP contribution in [0.2, 0.25) is 0 Å². The van der Waals surface area contributed by atoms with E-state index in [9.17, 15) is 4.39 Å². The van der Waals surface area contributed by atoms with Crippen molar-refractivity contribution in [3.05, 3.63) is 53.5 Å². The van der Waals surface area contributed by atoms with Crippen molar-refractivity contribution in [1.82, 2.24) is 10.3 Å². The van der Waals surface area contributed by atoms with Crippen LogP contribution in [0.25, 0.3) is 0 Å². The molecule has 1 heterocycles. The molecule has 0 fully saturated rings. The molecule has 112 valence electrons. The Labute approximate surface area is 125 Å². The molecule has 4 heteroatoms. The maximum Gasteiger partial charge on any atom is 0.222 e. The van der Waals surface area contributed by atoms with Crippen LogP contribution in [-0.2, 0) is 6.54 Å². The van der Waals surface area contributed by atoms with Gasteiger partial charge in [0.2, 0.25) is 5.88 Å². The number of hydrogen-bond donors (Lipinski definition) is 1. The van der Waals surface area contributed by atoms with Gasteiger partial charge in [0.05, 0.1) is 0 Å². The van der Waals surface area contributed by atoms with E-state index >= 15 is 0 Å². The van der Waals surface area contributed by atoms with Crippen molar-refractivity contribution in [2.45, 2.75) is 27.3 Å². The fourth-order valence-electron chi connectivity index (χ4n) is 1.94. The number of aromatic nitrogens is 1. The van der Waals surface area contributed by atoms with Crippen LogP contribution in [0.5, 0.6) is 11.6 Å². The van der Waals surface area contributed by atoms with E-state index in [4.69, 9.17) is 4.74 Å². The van der Waals surface area contributed by atoms with Crippen molar-refractivity contribution in [3.8, 4) is 11.6 Å². The zero-order chi connectivity index (χ0) is 15.2. The molecule has 0 bridgehead atoms. The lowest BCUT2D eigenvalue weighted by Gasteiger charge is -2.10. The highest BCUT2D eigenvalue weighted by atomic mass is 19.1. The summed E-state index contributed by atoms with van der Waals surface area (Å²) >= 11 is 0. The molecule has 0 amide bonds. The van der Waals surface area contributed by atoms with Gasteiger partial charge in [-0.25, -0.2) is 9.37 Å². The van der Waals surface area contributed by atoms with Gasteiger partial charge >= 0.3 is 0 Å². The van der Waals surface area contributed by atoms with E-state index in [-0.39, 0.29) is 5.82 Å². The monoisotopic (exact) mass is 288 g/mol. The number of nitrogens with one attached hydrogen (secondary N) is 1. The van der Waals surface area contributed by atoms with Gasteiger partial charge in [-0.1, -0.05) is 13.8 Å². The number of ether oxygens (including phenoxy) is 1. The topological polar surface area (TPSA) is 34.2 Å². The SMILES string of the molecule is Cc1cc(CNCC(C)C)cnc1Oc1ccc(F)cc1. The second kappa shape index (κ2) is 7.18. The minimum Gasteiger partial charge on any atom is -0.439 e. The predicted molar refractivity (Wildman–Crippen MR) is 82.0 cm³/mol. The highest BCUT2D eigenvalue weighted by Gasteiger charge is 2.05. The molecule has 0 unspecified atom stereocenters. The van der Waals surface area contributed by atoms with Gasteiger partial charge in [0, 0.05) is 18.3 Å². The van der Waals surface area contributed by atoms with Gasteiger partial charge in [0.15, 0.2) is 0 Å². The third kappa shape index (κ3) is 4.83. The molecule has 0 aliphatic rings. The number of rotatable bonds is 6. The van der Waals surface area contributed by atoms with Crippen LogP contribution in [0.1, 0.15) is 25.0 Å². The Bertz CT molecular complexity index is 582. The maximum atomic E-state index is 12.9. The number of nitrogens with zero attached hydrogens (tertiary/aromatic N) is 1. The summed E-state index contributed by atoms with van der Waals surface area (Å²) in [7, 11) is 0. The summed E-state index contributed by atoms with van der Waals surface area (Å²) in [6.07, 6.45) is 1.80. The second-order valence-corrected chi connectivity index (χ2v) is 5.55. The first-order valence-electron chi connectivity index (χ1n) is 7.14. The number of pyridine rings is 1. The fraction of sp³-hybridized carbons (Fsp3) is 0.353. The Morgan fingerprint density at radius 1 is 1.24 bits per heavy atom. The molecule has 0 spiro atoms. The lowest BCUT2D eigenvalue weighted by Crippen LogP contribution is -2.19. The van der Waals surface area contributed by atoms with Gasteiger partial charge in [-0.15, -0.1) is 0 Å². The highest BCUT2D eigenvalue weighted by Crippen LogP contribution is 2.23. The average Bonchev–Trinajstić information content (AvgIpc) is 2.44. The van der Waals surface area contributed by atoms with E-state index in [1.807, 2.05) is 6.92 Å². The van der Waals surface area contributed by atoms with Crippen LogP contribution >= 0.6 is 0 Å². The van der Waals surface area contributed by atoms with E-state index in [1.165, 1.54) is 12.1 Å². The van der Waals surface area contributed by atoms with Crippen LogP contribution in [0.4, 0.5) is 4.39 Å². The molecule has 1 N–H and O–H groups in total. The van der Waals surface area contributed by atoms with E-state index in [1.54, 1.807) is 18.3 Å². The zero-order valence-corrected chi connectivity index (χ0v) is 12.7. The van der Waals surface area contributed by atoms with Crippen molar-refractivity contribution in [2.24, 2.45) is 5.92 Å². The molecule has 21 heavy (non-hydrogen) atoms. The molecular weight excluding hydrogens is 267 g/mol. The van der Waals surface area contributed by atoms with Crippen LogP contribution in [0.3, 0.4) is 0 Å². The molecule has 0 atom stereocenters. The minimum absolute atomic E-state index is 0.279. The molecule has 3 nitrogen and oxygen atoms in total. The first-order valence-corrected chi connectivity index (χ1v) is 7.14. The Kier molecular flexibility index (Phi) is 5.28. The molecule has 0 aliphatic carbocycles. The van der Waals surface area contributed by atoms with Crippen molar-refractivity contribution < 1.29 is 9.13 Å². The van der Waals surface area contributed by atoms with E-state index in [0.717, 1.165) is 24.2 Å².